The van der Waals surface area contributed by atoms with Gasteiger partial charge in [0.15, 0.2) is 5.96 Å². The van der Waals surface area contributed by atoms with Crippen molar-refractivity contribution in [1.82, 2.24) is 14.5 Å². The first-order valence-electron chi connectivity index (χ1n) is 8.95. The van der Waals surface area contributed by atoms with Gasteiger partial charge in [-0.2, -0.15) is 4.31 Å². The van der Waals surface area contributed by atoms with Gasteiger partial charge in [-0.3, -0.25) is 4.99 Å². The molecule has 1 atom stereocenters. The maximum Gasteiger partial charge on any atom is 0.211 e. The Hall–Kier alpha value is -0.130. The minimum atomic E-state index is -3.14. The van der Waals surface area contributed by atoms with E-state index >= 15 is 0 Å². The van der Waals surface area contributed by atoms with Crippen LogP contribution in [-0.4, -0.2) is 82.3 Å². The van der Waals surface area contributed by atoms with Crippen LogP contribution in [0.15, 0.2) is 4.99 Å². The van der Waals surface area contributed by atoms with E-state index in [1.54, 1.807) is 4.31 Å². The van der Waals surface area contributed by atoms with Crippen molar-refractivity contribution < 1.29 is 13.2 Å². The predicted molar refractivity (Wildman–Crippen MR) is 112 cm³/mol. The van der Waals surface area contributed by atoms with E-state index in [9.17, 15) is 8.42 Å². The highest BCUT2D eigenvalue weighted by molar-refractivity contribution is 14.0. The van der Waals surface area contributed by atoms with Gasteiger partial charge in [0.05, 0.1) is 19.4 Å². The van der Waals surface area contributed by atoms with Gasteiger partial charge in [-0.25, -0.2) is 8.42 Å². The Balaban J connectivity index is 0.00000312. The summed E-state index contributed by atoms with van der Waals surface area (Å²) in [6, 6.07) is -0.0202. The molecule has 0 aromatic carbocycles. The van der Waals surface area contributed by atoms with Gasteiger partial charge in [0.1, 0.15) is 0 Å². The fourth-order valence-corrected chi connectivity index (χ4v) is 4.11. The summed E-state index contributed by atoms with van der Waals surface area (Å²) in [6.07, 6.45) is 5.68. The van der Waals surface area contributed by atoms with E-state index in [0.717, 1.165) is 44.4 Å². The molecule has 7 nitrogen and oxygen atoms in total. The van der Waals surface area contributed by atoms with Gasteiger partial charge in [-0.15, -0.1) is 24.0 Å². The average molecular weight is 488 g/mol. The fourth-order valence-electron chi connectivity index (χ4n) is 2.93. The molecular weight excluding hydrogens is 455 g/mol. The van der Waals surface area contributed by atoms with Crippen LogP contribution in [0.5, 0.6) is 0 Å². The Bertz CT molecular complexity index is 525. The molecule has 1 heterocycles. The van der Waals surface area contributed by atoms with Crippen LogP contribution in [0.25, 0.3) is 0 Å². The van der Waals surface area contributed by atoms with E-state index in [1.165, 1.54) is 19.1 Å². The molecule has 0 unspecified atom stereocenters. The van der Waals surface area contributed by atoms with Gasteiger partial charge >= 0.3 is 0 Å². The lowest BCUT2D eigenvalue weighted by atomic mass is 10.2. The van der Waals surface area contributed by atoms with Crippen LogP contribution in [0.4, 0.5) is 0 Å². The topological polar surface area (TPSA) is 74.2 Å². The number of likely N-dealkylation sites (N-methyl/N-ethyl adjacent to an activating group) is 1. The molecule has 1 aliphatic carbocycles. The van der Waals surface area contributed by atoms with Crippen molar-refractivity contribution in [1.29, 1.82) is 0 Å². The van der Waals surface area contributed by atoms with Crippen molar-refractivity contribution in [3.8, 4) is 0 Å². The Morgan fingerprint density at radius 3 is 2.68 bits per heavy atom. The quantitative estimate of drug-likeness (QED) is 0.230. The summed E-state index contributed by atoms with van der Waals surface area (Å²) in [5.74, 6) is 1.59. The van der Waals surface area contributed by atoms with Gasteiger partial charge < -0.3 is 15.0 Å². The number of ether oxygens (including phenoxy) is 1. The fraction of sp³-hybridized carbons (Fsp3) is 0.938. The molecule has 9 heteroatoms. The monoisotopic (exact) mass is 488 g/mol. The molecule has 148 valence electrons. The van der Waals surface area contributed by atoms with Gasteiger partial charge in [-0.05, 0) is 38.5 Å². The third-order valence-electron chi connectivity index (χ3n) is 4.52. The lowest BCUT2D eigenvalue weighted by molar-refractivity contribution is 0.115. The molecular formula is C16H33IN4O3S. The standard InChI is InChI=1S/C16H32N4O3S.HI/c1-4-17-16(19(2)10-11-23-13-14-7-8-14)18-12-15-6-5-9-20(15)24(3,21)22;/h14-15H,4-13H2,1-3H3,(H,17,18);1H/t15-;/m1./s1. The summed E-state index contributed by atoms with van der Waals surface area (Å²) < 4.78 is 30.9. The second-order valence-corrected chi connectivity index (χ2v) is 8.74. The molecule has 2 fully saturated rings. The lowest BCUT2D eigenvalue weighted by Crippen LogP contribution is -2.42. The Labute approximate surface area is 169 Å². The Morgan fingerprint density at radius 2 is 2.08 bits per heavy atom. The zero-order valence-electron chi connectivity index (χ0n) is 15.6. The number of halogens is 1. The van der Waals surface area contributed by atoms with Crippen LogP contribution in [-0.2, 0) is 14.8 Å². The van der Waals surface area contributed by atoms with Crippen LogP contribution in [0, 0.1) is 5.92 Å². The molecule has 0 amide bonds. The second kappa shape index (κ2) is 10.9. The molecule has 0 aromatic heterocycles. The van der Waals surface area contributed by atoms with Gasteiger partial charge in [0, 0.05) is 39.3 Å². The van der Waals surface area contributed by atoms with Crippen molar-refractivity contribution in [3.05, 3.63) is 0 Å². The van der Waals surface area contributed by atoms with Crippen LogP contribution >= 0.6 is 24.0 Å². The smallest absolute Gasteiger partial charge is 0.211 e. The number of hydrogen-bond acceptors (Lipinski definition) is 4. The number of aliphatic imine (C=N–C) groups is 1. The predicted octanol–water partition coefficient (Wildman–Crippen LogP) is 1.35. The Morgan fingerprint density at radius 1 is 1.36 bits per heavy atom. The van der Waals surface area contributed by atoms with Crippen LogP contribution in [0.1, 0.15) is 32.6 Å². The maximum absolute atomic E-state index is 11.8. The molecule has 1 saturated carbocycles. The Kier molecular flexibility index (Phi) is 9.97. The minimum Gasteiger partial charge on any atom is -0.379 e. The highest BCUT2D eigenvalue weighted by atomic mass is 127. The molecule has 2 aliphatic rings. The third-order valence-corrected chi connectivity index (χ3v) is 5.85. The largest absolute Gasteiger partial charge is 0.379 e. The van der Waals surface area contributed by atoms with Crippen molar-refractivity contribution >= 4 is 40.0 Å². The molecule has 0 spiro atoms. The number of sulfonamides is 1. The molecule has 1 aliphatic heterocycles. The second-order valence-electron chi connectivity index (χ2n) is 6.80. The van der Waals surface area contributed by atoms with Crippen LogP contribution in [0.2, 0.25) is 0 Å². The molecule has 25 heavy (non-hydrogen) atoms. The zero-order valence-corrected chi connectivity index (χ0v) is 18.8. The number of nitrogens with one attached hydrogen (secondary N) is 1. The number of rotatable bonds is 9. The summed E-state index contributed by atoms with van der Waals surface area (Å²) in [7, 11) is -1.15. The van der Waals surface area contributed by atoms with E-state index in [4.69, 9.17) is 4.74 Å². The van der Waals surface area contributed by atoms with E-state index in [0.29, 0.717) is 19.7 Å². The van der Waals surface area contributed by atoms with E-state index in [1.807, 2.05) is 14.0 Å². The lowest BCUT2D eigenvalue weighted by Gasteiger charge is -2.24. The van der Waals surface area contributed by atoms with Gasteiger partial charge in [0.2, 0.25) is 10.0 Å². The van der Waals surface area contributed by atoms with Crippen LogP contribution in [0.3, 0.4) is 0 Å². The van der Waals surface area contributed by atoms with Crippen molar-refractivity contribution in [2.24, 2.45) is 10.9 Å². The summed E-state index contributed by atoms with van der Waals surface area (Å²) in [5.41, 5.74) is 0. The number of hydrogen-bond donors (Lipinski definition) is 1. The molecule has 1 N–H and O–H groups in total. The first-order chi connectivity index (χ1) is 11.4. The third kappa shape index (κ3) is 7.96. The minimum absolute atomic E-state index is 0. The van der Waals surface area contributed by atoms with Gasteiger partial charge in [0.25, 0.3) is 0 Å². The van der Waals surface area contributed by atoms with E-state index < -0.39 is 10.0 Å². The zero-order chi connectivity index (χ0) is 17.6. The molecule has 0 aromatic rings. The number of guanidine groups is 1. The summed E-state index contributed by atoms with van der Waals surface area (Å²) in [4.78, 5) is 6.71. The summed E-state index contributed by atoms with van der Waals surface area (Å²) >= 11 is 0. The average Bonchev–Trinajstić information content (AvgIpc) is 3.21. The van der Waals surface area contributed by atoms with Crippen molar-refractivity contribution in [2.45, 2.75) is 38.6 Å². The van der Waals surface area contributed by atoms with Crippen LogP contribution < -0.4 is 5.32 Å². The summed E-state index contributed by atoms with van der Waals surface area (Å²) in [5, 5.41) is 3.27. The SMILES string of the molecule is CCNC(=NC[C@H]1CCCN1S(C)(=O)=O)N(C)CCOCC1CC1.I. The highest BCUT2D eigenvalue weighted by Gasteiger charge is 2.31. The number of nitrogens with zero attached hydrogens (tertiary/aromatic N) is 3. The normalized spacial score (nSPS) is 21.9. The first kappa shape index (κ1) is 22.9. The maximum atomic E-state index is 11.8. The van der Waals surface area contributed by atoms with E-state index in [-0.39, 0.29) is 30.0 Å². The molecule has 0 bridgehead atoms. The van der Waals surface area contributed by atoms with Crippen molar-refractivity contribution in [2.75, 3.05) is 52.7 Å². The summed E-state index contributed by atoms with van der Waals surface area (Å²) in [6.45, 7) is 6.27. The molecule has 1 saturated heterocycles. The first-order valence-corrected chi connectivity index (χ1v) is 10.8. The van der Waals surface area contributed by atoms with E-state index in [2.05, 4.69) is 15.2 Å². The molecule has 2 rings (SSSR count). The van der Waals surface area contributed by atoms with Gasteiger partial charge in [-0.1, -0.05) is 0 Å². The highest BCUT2D eigenvalue weighted by Crippen LogP contribution is 2.28. The molecule has 0 radical (unpaired) electrons. The van der Waals surface area contributed by atoms with Crippen molar-refractivity contribution in [3.63, 3.8) is 0 Å².